The van der Waals surface area contributed by atoms with Crippen molar-refractivity contribution in [3.8, 4) is 0 Å². The molecule has 0 N–H and O–H groups in total. The van der Waals surface area contributed by atoms with E-state index in [1.54, 1.807) is 6.92 Å². The normalized spacial score (nSPS) is 17.6. The number of carbonyl (C=O) groups is 2. The molecule has 1 amide bonds. The highest BCUT2D eigenvalue weighted by Gasteiger charge is 2.39. The molecule has 4 nitrogen and oxygen atoms in total. The van der Waals surface area contributed by atoms with Crippen LogP contribution in [0.3, 0.4) is 0 Å². The summed E-state index contributed by atoms with van der Waals surface area (Å²) in [4.78, 5) is 24.7. The quantitative estimate of drug-likeness (QED) is 0.615. The maximum absolute atomic E-state index is 14.1. The minimum Gasteiger partial charge on any atom is -0.465 e. The number of fused-ring (bicyclic) bond motifs is 1. The van der Waals surface area contributed by atoms with Crippen molar-refractivity contribution < 1.29 is 27.5 Å². The summed E-state index contributed by atoms with van der Waals surface area (Å²) in [6.07, 6.45) is -2.90. The highest BCUT2D eigenvalue weighted by Crippen LogP contribution is 2.33. The number of hydrogen-bond donors (Lipinski definition) is 0. The zero-order chi connectivity index (χ0) is 16.4. The molecule has 2 rings (SSSR count). The van der Waals surface area contributed by atoms with Crippen molar-refractivity contribution in [1.82, 2.24) is 4.90 Å². The van der Waals surface area contributed by atoms with Gasteiger partial charge in [-0.1, -0.05) is 11.5 Å². The van der Waals surface area contributed by atoms with Crippen LogP contribution >= 0.6 is 0 Å². The Morgan fingerprint density at radius 2 is 2.18 bits per heavy atom. The van der Waals surface area contributed by atoms with Gasteiger partial charge in [-0.25, -0.2) is 13.2 Å². The molecule has 1 aromatic carbocycles. The fourth-order valence-electron chi connectivity index (χ4n) is 2.45. The Labute approximate surface area is 126 Å². The Bertz CT molecular complexity index is 609. The lowest BCUT2D eigenvalue weighted by atomic mass is 9.83. The van der Waals surface area contributed by atoms with Crippen molar-refractivity contribution in [2.45, 2.75) is 19.3 Å². The Morgan fingerprint density at radius 3 is 2.77 bits per heavy atom. The largest absolute Gasteiger partial charge is 0.465 e. The fourth-order valence-corrected chi connectivity index (χ4v) is 2.45. The zero-order valence-electron chi connectivity index (χ0n) is 11.8. The second-order valence-corrected chi connectivity index (χ2v) is 4.86. The molecule has 0 saturated heterocycles. The predicted octanol–water partition coefficient (Wildman–Crippen LogP) is 0.987. The average molecular weight is 311 g/mol. The second-order valence-electron chi connectivity index (χ2n) is 4.86. The average Bonchev–Trinajstić information content (AvgIpc) is 2.45. The summed E-state index contributed by atoms with van der Waals surface area (Å²) in [5, 5.41) is 0. The van der Waals surface area contributed by atoms with Crippen LogP contribution < -0.4 is 5.46 Å². The molecule has 0 bridgehead atoms. The number of esters is 1. The summed E-state index contributed by atoms with van der Waals surface area (Å²) in [6.45, 7) is 0.774. The van der Waals surface area contributed by atoms with Crippen LogP contribution in [-0.2, 0) is 9.53 Å². The topological polar surface area (TPSA) is 46.6 Å². The minimum absolute atomic E-state index is 0.112. The van der Waals surface area contributed by atoms with E-state index in [9.17, 15) is 22.8 Å². The molecule has 0 aromatic heterocycles. The van der Waals surface area contributed by atoms with Gasteiger partial charge in [0.2, 0.25) is 6.43 Å². The number of alkyl halides is 2. The van der Waals surface area contributed by atoms with Gasteiger partial charge in [0.1, 0.15) is 20.2 Å². The molecule has 1 aliphatic rings. The monoisotopic (exact) mass is 311 g/mol. The summed E-state index contributed by atoms with van der Waals surface area (Å²) in [7, 11) is 5.39. The van der Waals surface area contributed by atoms with Crippen molar-refractivity contribution in [3.05, 3.63) is 29.1 Å². The first-order valence-electron chi connectivity index (χ1n) is 6.67. The molecule has 1 heterocycles. The van der Waals surface area contributed by atoms with E-state index in [1.165, 1.54) is 6.07 Å². The predicted molar refractivity (Wildman–Crippen MR) is 73.1 cm³/mol. The van der Waals surface area contributed by atoms with Gasteiger partial charge >= 0.3 is 5.97 Å². The molecule has 0 saturated carbocycles. The van der Waals surface area contributed by atoms with Gasteiger partial charge in [0.25, 0.3) is 5.91 Å². The second kappa shape index (κ2) is 6.42. The van der Waals surface area contributed by atoms with E-state index in [2.05, 4.69) is 0 Å². The van der Waals surface area contributed by atoms with Crippen LogP contribution in [0.5, 0.6) is 0 Å². The van der Waals surface area contributed by atoms with Crippen LogP contribution in [0.4, 0.5) is 13.2 Å². The van der Waals surface area contributed by atoms with Crippen LogP contribution in [0.1, 0.15) is 28.8 Å². The van der Waals surface area contributed by atoms with Crippen molar-refractivity contribution >= 4 is 25.2 Å². The van der Waals surface area contributed by atoms with Gasteiger partial charge in [-0.2, -0.15) is 0 Å². The lowest BCUT2D eigenvalue weighted by Gasteiger charge is -2.33. The van der Waals surface area contributed by atoms with Crippen LogP contribution in [0.25, 0.3) is 0 Å². The van der Waals surface area contributed by atoms with Crippen LogP contribution in [0, 0.1) is 5.82 Å². The summed E-state index contributed by atoms with van der Waals surface area (Å²) in [6, 6.07) is 2.34. The SMILES string of the molecule is [B]c1ccc2c(c1F)C(C(F)F)CN(CC(=O)OCC)C2=O. The summed E-state index contributed by atoms with van der Waals surface area (Å²) >= 11 is 0. The molecular weight excluding hydrogens is 298 g/mol. The number of hydrogen-bond acceptors (Lipinski definition) is 3. The van der Waals surface area contributed by atoms with E-state index < -0.39 is 43.1 Å². The van der Waals surface area contributed by atoms with Crippen LogP contribution in [0.2, 0.25) is 0 Å². The molecule has 1 atom stereocenters. The van der Waals surface area contributed by atoms with E-state index in [0.29, 0.717) is 0 Å². The van der Waals surface area contributed by atoms with Gasteiger partial charge in [0, 0.05) is 17.7 Å². The van der Waals surface area contributed by atoms with Crippen LogP contribution in [0.15, 0.2) is 12.1 Å². The Balaban J connectivity index is 2.40. The number of halogens is 3. The third-order valence-corrected chi connectivity index (χ3v) is 3.44. The summed E-state index contributed by atoms with van der Waals surface area (Å²) < 4.78 is 45.2. The Kier molecular flexibility index (Phi) is 4.78. The third-order valence-electron chi connectivity index (χ3n) is 3.44. The van der Waals surface area contributed by atoms with Gasteiger partial charge in [-0.15, -0.1) is 0 Å². The maximum atomic E-state index is 14.1. The molecule has 1 unspecified atom stereocenters. The molecule has 22 heavy (non-hydrogen) atoms. The summed E-state index contributed by atoms with van der Waals surface area (Å²) in [5.74, 6) is -3.94. The minimum atomic E-state index is -2.90. The van der Waals surface area contributed by atoms with Gasteiger partial charge in [-0.3, -0.25) is 9.59 Å². The lowest BCUT2D eigenvalue weighted by Crippen LogP contribution is -2.45. The van der Waals surface area contributed by atoms with Gasteiger partial charge < -0.3 is 9.64 Å². The van der Waals surface area contributed by atoms with Crippen molar-refractivity contribution in [2.24, 2.45) is 0 Å². The molecular formula is C14H13BF3NO3. The Morgan fingerprint density at radius 1 is 1.50 bits per heavy atom. The van der Waals surface area contributed by atoms with E-state index in [1.807, 2.05) is 0 Å². The standard InChI is InChI=1S/C14H13BF3NO3/c1-2-22-10(20)6-19-5-8(13(17)18)11-7(14(19)21)3-4-9(15)12(11)16/h3-4,8,13H,2,5-6H2,1H3. The first kappa shape index (κ1) is 16.4. The molecule has 0 spiro atoms. The number of ether oxygens (including phenoxy) is 1. The number of benzene rings is 1. The van der Waals surface area contributed by atoms with Crippen LogP contribution in [-0.4, -0.2) is 50.7 Å². The van der Waals surface area contributed by atoms with E-state index in [4.69, 9.17) is 12.6 Å². The van der Waals surface area contributed by atoms with E-state index in [0.717, 1.165) is 11.0 Å². The maximum Gasteiger partial charge on any atom is 0.325 e. The smallest absolute Gasteiger partial charge is 0.325 e. The zero-order valence-corrected chi connectivity index (χ0v) is 11.8. The first-order valence-corrected chi connectivity index (χ1v) is 6.67. The molecule has 0 fully saturated rings. The first-order chi connectivity index (χ1) is 10.4. The van der Waals surface area contributed by atoms with Crippen molar-refractivity contribution in [1.29, 1.82) is 0 Å². The highest BCUT2D eigenvalue weighted by molar-refractivity contribution is 6.32. The number of amides is 1. The molecule has 116 valence electrons. The lowest BCUT2D eigenvalue weighted by molar-refractivity contribution is -0.144. The number of rotatable bonds is 4. The van der Waals surface area contributed by atoms with Crippen molar-refractivity contribution in [2.75, 3.05) is 19.7 Å². The molecule has 0 aliphatic carbocycles. The molecule has 1 aromatic rings. The number of nitrogens with zero attached hydrogens (tertiary/aromatic N) is 1. The molecule has 2 radical (unpaired) electrons. The Hall–Kier alpha value is -1.99. The van der Waals surface area contributed by atoms with Gasteiger partial charge in [0.15, 0.2) is 0 Å². The number of carbonyl (C=O) groups excluding carboxylic acids is 2. The molecule has 8 heteroatoms. The highest BCUT2D eigenvalue weighted by atomic mass is 19.3. The molecule has 1 aliphatic heterocycles. The van der Waals surface area contributed by atoms with Crippen molar-refractivity contribution in [3.63, 3.8) is 0 Å². The van der Waals surface area contributed by atoms with E-state index >= 15 is 0 Å². The van der Waals surface area contributed by atoms with Gasteiger partial charge in [0.05, 0.1) is 12.5 Å². The summed E-state index contributed by atoms with van der Waals surface area (Å²) in [5.41, 5.74) is -0.885. The van der Waals surface area contributed by atoms with E-state index in [-0.39, 0.29) is 23.2 Å². The third kappa shape index (κ3) is 2.95. The van der Waals surface area contributed by atoms with Gasteiger partial charge in [-0.05, 0) is 13.0 Å². The fraction of sp³-hybridized carbons (Fsp3) is 0.429.